The van der Waals surface area contributed by atoms with E-state index in [1.54, 1.807) is 6.07 Å². The van der Waals surface area contributed by atoms with Crippen molar-refractivity contribution in [3.8, 4) is 0 Å². The number of carboxylic acids is 1. The number of carboxylic acid groups (broad SMARTS) is 1. The Morgan fingerprint density at radius 3 is 2.48 bits per heavy atom. The van der Waals surface area contributed by atoms with E-state index in [1.807, 2.05) is 25.1 Å². The molecule has 23 heavy (non-hydrogen) atoms. The molecule has 0 saturated heterocycles. The summed E-state index contributed by atoms with van der Waals surface area (Å²) >= 11 is 0. The molecule has 4 heteroatoms. The predicted molar refractivity (Wildman–Crippen MR) is 90.9 cm³/mol. The standard InChI is InChI=1S/C19H21NO3/c1-13(15-6-4-3-5-7-15)9-11-18(21)20-17-12-16(19(22)23)10-8-14(17)2/h3-8,10,12-13H,9,11H2,1-2H3,(H,20,21)(H,22,23). The number of nitrogens with one attached hydrogen (secondary N) is 1. The summed E-state index contributed by atoms with van der Waals surface area (Å²) < 4.78 is 0. The van der Waals surface area contributed by atoms with Crippen LogP contribution in [0.25, 0.3) is 0 Å². The molecule has 2 rings (SSSR count). The highest BCUT2D eigenvalue weighted by atomic mass is 16.4. The number of hydrogen-bond acceptors (Lipinski definition) is 2. The molecule has 0 aliphatic carbocycles. The van der Waals surface area contributed by atoms with Gasteiger partial charge in [-0.1, -0.05) is 43.3 Å². The Morgan fingerprint density at radius 2 is 1.83 bits per heavy atom. The molecule has 0 bridgehead atoms. The number of aryl methyl sites for hydroxylation is 1. The Hall–Kier alpha value is -2.62. The van der Waals surface area contributed by atoms with Crippen molar-refractivity contribution in [3.63, 3.8) is 0 Å². The Labute approximate surface area is 136 Å². The maximum atomic E-state index is 12.1. The summed E-state index contributed by atoms with van der Waals surface area (Å²) in [6.45, 7) is 3.94. The van der Waals surface area contributed by atoms with Crippen LogP contribution in [0.15, 0.2) is 48.5 Å². The second-order valence-corrected chi connectivity index (χ2v) is 5.73. The smallest absolute Gasteiger partial charge is 0.335 e. The van der Waals surface area contributed by atoms with Gasteiger partial charge < -0.3 is 10.4 Å². The molecule has 0 heterocycles. The average molecular weight is 311 g/mol. The van der Waals surface area contributed by atoms with Gasteiger partial charge in [0.15, 0.2) is 0 Å². The van der Waals surface area contributed by atoms with Gasteiger partial charge in [0.1, 0.15) is 0 Å². The van der Waals surface area contributed by atoms with Crippen molar-refractivity contribution in [3.05, 3.63) is 65.2 Å². The van der Waals surface area contributed by atoms with Gasteiger partial charge in [-0.25, -0.2) is 4.79 Å². The van der Waals surface area contributed by atoms with E-state index in [2.05, 4.69) is 24.4 Å². The van der Waals surface area contributed by atoms with Crippen LogP contribution in [0, 0.1) is 6.92 Å². The van der Waals surface area contributed by atoms with Crippen molar-refractivity contribution in [2.45, 2.75) is 32.6 Å². The third kappa shape index (κ3) is 4.68. The molecule has 2 aromatic carbocycles. The quantitative estimate of drug-likeness (QED) is 0.839. The lowest BCUT2D eigenvalue weighted by molar-refractivity contribution is -0.116. The molecule has 1 unspecified atom stereocenters. The van der Waals surface area contributed by atoms with E-state index in [-0.39, 0.29) is 11.5 Å². The molecule has 2 N–H and O–H groups in total. The minimum absolute atomic E-state index is 0.0987. The van der Waals surface area contributed by atoms with Gasteiger partial charge in [-0.05, 0) is 42.5 Å². The van der Waals surface area contributed by atoms with Crippen LogP contribution in [0.4, 0.5) is 5.69 Å². The Balaban J connectivity index is 1.95. The van der Waals surface area contributed by atoms with Crippen molar-refractivity contribution < 1.29 is 14.7 Å². The second-order valence-electron chi connectivity index (χ2n) is 5.73. The molecule has 0 spiro atoms. The number of carbonyl (C=O) groups is 2. The molecule has 0 fully saturated rings. The molecule has 0 aromatic heterocycles. The molecule has 120 valence electrons. The lowest BCUT2D eigenvalue weighted by atomic mass is 9.96. The zero-order valence-corrected chi connectivity index (χ0v) is 13.4. The number of anilines is 1. The number of carbonyl (C=O) groups excluding carboxylic acids is 1. The van der Waals surface area contributed by atoms with Crippen LogP contribution < -0.4 is 5.32 Å². The van der Waals surface area contributed by atoms with Gasteiger partial charge in [0.25, 0.3) is 0 Å². The van der Waals surface area contributed by atoms with Gasteiger partial charge in [0.2, 0.25) is 5.91 Å². The number of amides is 1. The van der Waals surface area contributed by atoms with Crippen molar-refractivity contribution in [2.75, 3.05) is 5.32 Å². The molecule has 1 amide bonds. The van der Waals surface area contributed by atoms with E-state index < -0.39 is 5.97 Å². The van der Waals surface area contributed by atoms with Crippen LogP contribution in [0.1, 0.15) is 47.2 Å². The highest BCUT2D eigenvalue weighted by Gasteiger charge is 2.11. The fourth-order valence-electron chi connectivity index (χ4n) is 2.40. The van der Waals surface area contributed by atoms with Crippen LogP contribution in [-0.2, 0) is 4.79 Å². The van der Waals surface area contributed by atoms with Gasteiger partial charge in [-0.3, -0.25) is 4.79 Å². The minimum atomic E-state index is -1.00. The summed E-state index contributed by atoms with van der Waals surface area (Å²) in [7, 11) is 0. The van der Waals surface area contributed by atoms with Crippen LogP contribution in [0.5, 0.6) is 0 Å². The van der Waals surface area contributed by atoms with Crippen molar-refractivity contribution in [1.29, 1.82) is 0 Å². The molecule has 0 aliphatic heterocycles. The first kappa shape index (κ1) is 16.7. The van der Waals surface area contributed by atoms with E-state index in [0.717, 1.165) is 12.0 Å². The third-order valence-electron chi connectivity index (χ3n) is 3.93. The molecule has 0 radical (unpaired) electrons. The monoisotopic (exact) mass is 311 g/mol. The van der Waals surface area contributed by atoms with Gasteiger partial charge in [-0.2, -0.15) is 0 Å². The van der Waals surface area contributed by atoms with Gasteiger partial charge in [0, 0.05) is 12.1 Å². The lowest BCUT2D eigenvalue weighted by Gasteiger charge is -2.13. The first-order chi connectivity index (χ1) is 11.0. The fraction of sp³-hybridized carbons (Fsp3) is 0.263. The lowest BCUT2D eigenvalue weighted by Crippen LogP contribution is -2.14. The Bertz CT molecular complexity index is 695. The maximum Gasteiger partial charge on any atom is 0.335 e. The maximum absolute atomic E-state index is 12.1. The number of benzene rings is 2. The van der Waals surface area contributed by atoms with E-state index >= 15 is 0 Å². The summed E-state index contributed by atoms with van der Waals surface area (Å²) in [6, 6.07) is 14.8. The van der Waals surface area contributed by atoms with Crippen LogP contribution in [0.2, 0.25) is 0 Å². The highest BCUT2D eigenvalue weighted by Crippen LogP contribution is 2.21. The van der Waals surface area contributed by atoms with Crippen LogP contribution in [0.3, 0.4) is 0 Å². The molecule has 4 nitrogen and oxygen atoms in total. The van der Waals surface area contributed by atoms with E-state index in [1.165, 1.54) is 17.7 Å². The molecular formula is C19H21NO3. The number of aromatic carboxylic acids is 1. The number of hydrogen-bond donors (Lipinski definition) is 2. The largest absolute Gasteiger partial charge is 0.478 e. The normalized spacial score (nSPS) is 11.7. The van der Waals surface area contributed by atoms with Crippen LogP contribution in [-0.4, -0.2) is 17.0 Å². The van der Waals surface area contributed by atoms with E-state index in [4.69, 9.17) is 5.11 Å². The van der Waals surface area contributed by atoms with Gasteiger partial charge >= 0.3 is 5.97 Å². The topological polar surface area (TPSA) is 66.4 Å². The summed E-state index contributed by atoms with van der Waals surface area (Å²) in [5.74, 6) is -0.801. The highest BCUT2D eigenvalue weighted by molar-refractivity contribution is 5.94. The molecule has 0 saturated carbocycles. The van der Waals surface area contributed by atoms with Crippen molar-refractivity contribution >= 4 is 17.6 Å². The molecule has 2 aromatic rings. The second kappa shape index (κ2) is 7.58. The summed E-state index contributed by atoms with van der Waals surface area (Å²) in [5.41, 5.74) is 2.79. The van der Waals surface area contributed by atoms with Gasteiger partial charge in [-0.15, -0.1) is 0 Å². The third-order valence-corrected chi connectivity index (χ3v) is 3.93. The summed E-state index contributed by atoms with van der Waals surface area (Å²) in [6.07, 6.45) is 1.14. The molecular weight excluding hydrogens is 290 g/mol. The first-order valence-corrected chi connectivity index (χ1v) is 7.66. The van der Waals surface area contributed by atoms with Crippen molar-refractivity contribution in [1.82, 2.24) is 0 Å². The minimum Gasteiger partial charge on any atom is -0.478 e. The zero-order chi connectivity index (χ0) is 16.8. The first-order valence-electron chi connectivity index (χ1n) is 7.66. The van der Waals surface area contributed by atoms with E-state index in [9.17, 15) is 9.59 Å². The SMILES string of the molecule is Cc1ccc(C(=O)O)cc1NC(=O)CCC(C)c1ccccc1. The van der Waals surface area contributed by atoms with Gasteiger partial charge in [0.05, 0.1) is 5.56 Å². The fourth-order valence-corrected chi connectivity index (χ4v) is 2.40. The zero-order valence-electron chi connectivity index (χ0n) is 13.4. The Morgan fingerprint density at radius 1 is 1.13 bits per heavy atom. The Kier molecular flexibility index (Phi) is 5.52. The van der Waals surface area contributed by atoms with Crippen LogP contribution >= 0.6 is 0 Å². The molecule has 0 aliphatic rings. The molecule has 1 atom stereocenters. The predicted octanol–water partition coefficient (Wildman–Crippen LogP) is 4.22. The number of rotatable bonds is 6. The van der Waals surface area contributed by atoms with E-state index in [0.29, 0.717) is 18.0 Å². The van der Waals surface area contributed by atoms with Crippen molar-refractivity contribution in [2.24, 2.45) is 0 Å². The summed E-state index contributed by atoms with van der Waals surface area (Å²) in [5, 5.41) is 11.8. The average Bonchev–Trinajstić information content (AvgIpc) is 2.55. The summed E-state index contributed by atoms with van der Waals surface area (Å²) in [4.78, 5) is 23.1.